The van der Waals surface area contributed by atoms with E-state index in [0.717, 1.165) is 24.9 Å². The van der Waals surface area contributed by atoms with Gasteiger partial charge in [0.2, 0.25) is 17.7 Å². The highest BCUT2D eigenvalue weighted by atomic mass is 35.5. The van der Waals surface area contributed by atoms with E-state index in [0.29, 0.717) is 25.9 Å². The molecule has 0 aliphatic carbocycles. The Morgan fingerprint density at radius 2 is 1.84 bits per heavy atom. The minimum absolute atomic E-state index is 0. The summed E-state index contributed by atoms with van der Waals surface area (Å²) < 4.78 is 0. The number of carbonyl (C=O) groups is 4. The van der Waals surface area contributed by atoms with Gasteiger partial charge in [0, 0.05) is 19.5 Å². The highest BCUT2D eigenvalue weighted by molar-refractivity contribution is 5.92. The van der Waals surface area contributed by atoms with Crippen LogP contribution in [0.15, 0.2) is 30.3 Å². The van der Waals surface area contributed by atoms with Gasteiger partial charge in [-0.05, 0) is 44.2 Å². The minimum atomic E-state index is -1.21. The maximum atomic E-state index is 13.4. The number of rotatable bonds is 8. The van der Waals surface area contributed by atoms with Crippen LogP contribution in [0.1, 0.15) is 44.1 Å². The fourth-order valence-electron chi connectivity index (χ4n) is 4.47. The van der Waals surface area contributed by atoms with Crippen molar-refractivity contribution in [3.05, 3.63) is 35.9 Å². The highest BCUT2D eigenvalue weighted by Crippen LogP contribution is 2.36. The molecule has 2 atom stereocenters. The molecule has 0 saturated carbocycles. The van der Waals surface area contributed by atoms with Crippen LogP contribution in [0.4, 0.5) is 0 Å². The number of halogens is 1. The van der Waals surface area contributed by atoms with E-state index in [9.17, 15) is 24.3 Å². The van der Waals surface area contributed by atoms with E-state index in [4.69, 9.17) is 5.73 Å². The monoisotopic (exact) mass is 466 g/mol. The van der Waals surface area contributed by atoms with Crippen LogP contribution < -0.4 is 16.4 Å². The van der Waals surface area contributed by atoms with Gasteiger partial charge in [0.25, 0.3) is 0 Å². The zero-order valence-corrected chi connectivity index (χ0v) is 18.7. The molecule has 2 aliphatic heterocycles. The fourth-order valence-corrected chi connectivity index (χ4v) is 4.47. The van der Waals surface area contributed by atoms with Gasteiger partial charge in [0.1, 0.15) is 6.04 Å². The third-order valence-electron chi connectivity index (χ3n) is 6.33. The predicted octanol–water partition coefficient (Wildman–Crippen LogP) is 0.556. The molecule has 176 valence electrons. The molecule has 5 N–H and O–H groups in total. The lowest BCUT2D eigenvalue weighted by Crippen LogP contribution is -2.57. The molecule has 2 aliphatic rings. The molecule has 0 bridgehead atoms. The van der Waals surface area contributed by atoms with Gasteiger partial charge < -0.3 is 26.4 Å². The van der Waals surface area contributed by atoms with E-state index in [1.165, 1.54) is 0 Å². The van der Waals surface area contributed by atoms with Crippen molar-refractivity contribution >= 4 is 36.1 Å². The Morgan fingerprint density at radius 1 is 1.19 bits per heavy atom. The van der Waals surface area contributed by atoms with Gasteiger partial charge in [-0.3, -0.25) is 14.4 Å². The van der Waals surface area contributed by atoms with Gasteiger partial charge in [-0.1, -0.05) is 30.3 Å². The quantitative estimate of drug-likeness (QED) is 0.441. The molecule has 0 unspecified atom stereocenters. The molecule has 0 aromatic heterocycles. The molecule has 0 spiro atoms. The maximum Gasteiger partial charge on any atom is 0.326 e. The number of likely N-dealkylation sites (tertiary alicyclic amines) is 1. The second-order valence-electron chi connectivity index (χ2n) is 8.29. The second kappa shape index (κ2) is 11.3. The molecular weight excluding hydrogens is 436 g/mol. The van der Waals surface area contributed by atoms with Crippen LogP contribution >= 0.6 is 12.4 Å². The van der Waals surface area contributed by atoms with Crippen LogP contribution in [-0.4, -0.2) is 65.4 Å². The number of primary amides is 1. The normalized spacial score (nSPS) is 20.6. The fraction of sp³-hybridized carbons (Fsp3) is 0.545. The summed E-state index contributed by atoms with van der Waals surface area (Å²) in [5.41, 5.74) is 4.99. The molecule has 10 heteroatoms. The lowest BCUT2D eigenvalue weighted by atomic mass is 9.71. The summed E-state index contributed by atoms with van der Waals surface area (Å²) in [6.07, 6.45) is 2.38. The number of carbonyl (C=O) groups excluding carboxylic acids is 3. The minimum Gasteiger partial charge on any atom is -0.480 e. The van der Waals surface area contributed by atoms with E-state index in [1.807, 2.05) is 30.3 Å². The van der Waals surface area contributed by atoms with Crippen LogP contribution in [0.25, 0.3) is 0 Å². The molecule has 2 saturated heterocycles. The first-order chi connectivity index (χ1) is 14.8. The summed E-state index contributed by atoms with van der Waals surface area (Å²) in [4.78, 5) is 50.7. The zero-order chi connectivity index (χ0) is 22.4. The van der Waals surface area contributed by atoms with E-state index >= 15 is 0 Å². The van der Waals surface area contributed by atoms with E-state index < -0.39 is 29.2 Å². The van der Waals surface area contributed by atoms with Crippen LogP contribution in [0, 0.1) is 0 Å². The summed E-state index contributed by atoms with van der Waals surface area (Å²) in [6, 6.07) is 7.87. The summed E-state index contributed by atoms with van der Waals surface area (Å²) in [7, 11) is 0. The Hall–Kier alpha value is -2.65. The van der Waals surface area contributed by atoms with E-state index in [2.05, 4.69) is 10.6 Å². The van der Waals surface area contributed by atoms with Crippen LogP contribution in [-0.2, 0) is 24.6 Å². The number of nitrogens with two attached hydrogens (primary N) is 1. The first kappa shape index (κ1) is 25.6. The number of aliphatic carboxylic acids is 1. The third kappa shape index (κ3) is 5.77. The van der Waals surface area contributed by atoms with Crippen molar-refractivity contribution in [3.8, 4) is 0 Å². The molecule has 32 heavy (non-hydrogen) atoms. The lowest BCUT2D eigenvalue weighted by molar-refractivity contribution is -0.144. The van der Waals surface area contributed by atoms with E-state index in [-0.39, 0.29) is 37.2 Å². The summed E-state index contributed by atoms with van der Waals surface area (Å²) in [5.74, 6) is -2.17. The molecule has 2 heterocycles. The Kier molecular flexibility index (Phi) is 9.03. The van der Waals surface area contributed by atoms with Crippen LogP contribution in [0.3, 0.4) is 0 Å². The Bertz CT molecular complexity index is 821. The van der Waals surface area contributed by atoms with Crippen molar-refractivity contribution in [2.75, 3.05) is 19.6 Å². The number of piperidine rings is 1. The Morgan fingerprint density at radius 3 is 2.38 bits per heavy atom. The summed E-state index contributed by atoms with van der Waals surface area (Å²) in [5, 5.41) is 15.3. The number of carboxylic acid groups (broad SMARTS) is 1. The van der Waals surface area contributed by atoms with Crippen LogP contribution in [0.2, 0.25) is 0 Å². The first-order valence-electron chi connectivity index (χ1n) is 10.7. The molecule has 9 nitrogen and oxygen atoms in total. The van der Waals surface area contributed by atoms with Crippen molar-refractivity contribution < 1.29 is 24.3 Å². The number of benzene rings is 1. The van der Waals surface area contributed by atoms with Crippen molar-refractivity contribution in [1.29, 1.82) is 0 Å². The molecule has 3 amide bonds. The first-order valence-corrected chi connectivity index (χ1v) is 10.7. The molecular formula is C22H31ClN4O5. The average Bonchev–Trinajstić information content (AvgIpc) is 3.31. The number of amides is 3. The van der Waals surface area contributed by atoms with Gasteiger partial charge in [0.15, 0.2) is 0 Å². The largest absolute Gasteiger partial charge is 0.480 e. The number of hydrogen-bond donors (Lipinski definition) is 4. The SMILES string of the molecule is Cl.NC(=O)CC[C@H](NC(=O)C1(c2ccccc2)CCN(C(=O)[C@@H]2CCCN2)CC1)C(=O)O. The Labute approximate surface area is 193 Å². The third-order valence-corrected chi connectivity index (χ3v) is 6.33. The lowest BCUT2D eigenvalue weighted by Gasteiger charge is -2.42. The summed E-state index contributed by atoms with van der Waals surface area (Å²) >= 11 is 0. The molecule has 1 aromatic carbocycles. The van der Waals surface area contributed by atoms with Crippen molar-refractivity contribution in [1.82, 2.24) is 15.5 Å². The highest BCUT2D eigenvalue weighted by Gasteiger charge is 2.45. The molecule has 3 rings (SSSR count). The van der Waals surface area contributed by atoms with E-state index in [1.54, 1.807) is 4.90 Å². The second-order valence-corrected chi connectivity index (χ2v) is 8.29. The molecule has 0 radical (unpaired) electrons. The van der Waals surface area contributed by atoms with Gasteiger partial charge in [-0.15, -0.1) is 12.4 Å². The van der Waals surface area contributed by atoms with Gasteiger partial charge in [-0.2, -0.15) is 0 Å². The molecule has 1 aromatic rings. The predicted molar refractivity (Wildman–Crippen MR) is 120 cm³/mol. The van der Waals surface area contributed by atoms with Crippen molar-refractivity contribution in [3.63, 3.8) is 0 Å². The van der Waals surface area contributed by atoms with Gasteiger partial charge >= 0.3 is 5.97 Å². The van der Waals surface area contributed by atoms with Gasteiger partial charge in [0.05, 0.1) is 11.5 Å². The van der Waals surface area contributed by atoms with Gasteiger partial charge in [-0.25, -0.2) is 4.79 Å². The van der Waals surface area contributed by atoms with Crippen molar-refractivity contribution in [2.45, 2.75) is 56.0 Å². The average molecular weight is 467 g/mol. The van der Waals surface area contributed by atoms with Crippen LogP contribution in [0.5, 0.6) is 0 Å². The number of nitrogens with one attached hydrogen (secondary N) is 2. The topological polar surface area (TPSA) is 142 Å². The smallest absolute Gasteiger partial charge is 0.326 e. The van der Waals surface area contributed by atoms with Crippen molar-refractivity contribution in [2.24, 2.45) is 5.73 Å². The zero-order valence-electron chi connectivity index (χ0n) is 17.9. The Balaban J connectivity index is 0.00000363. The summed E-state index contributed by atoms with van der Waals surface area (Å²) in [6.45, 7) is 1.67. The molecule has 2 fully saturated rings. The maximum absolute atomic E-state index is 13.4. The number of carboxylic acids is 1. The standard InChI is InChI=1S/C22H30N4O5.ClH/c23-18(27)9-8-17(20(29)30)25-21(31)22(15-5-2-1-3-6-15)10-13-26(14-11-22)19(28)16-7-4-12-24-16;/h1-3,5-6,16-17,24H,4,7-14H2,(H2,23,27)(H,25,31)(H,29,30);1H/t16-,17-;/m0./s1. The number of nitrogens with zero attached hydrogens (tertiary/aromatic N) is 1. The number of hydrogen-bond acceptors (Lipinski definition) is 5.